The lowest BCUT2D eigenvalue weighted by molar-refractivity contribution is 0.0732. The van der Waals surface area contributed by atoms with E-state index >= 15 is 0 Å². The number of carbonyl (C=O) groups excluding carboxylic acids is 1. The molecule has 0 bridgehead atoms. The van der Waals surface area contributed by atoms with Gasteiger partial charge in [0.1, 0.15) is 5.82 Å². The van der Waals surface area contributed by atoms with Crippen LogP contribution in [0, 0.1) is 11.7 Å². The number of benzene rings is 1. The van der Waals surface area contributed by atoms with Crippen molar-refractivity contribution < 1.29 is 14.4 Å². The van der Waals surface area contributed by atoms with Crippen LogP contribution in [0.25, 0.3) is 0 Å². The Kier molecular flexibility index (Phi) is 4.19. The molecular weight excluding hydrogens is 315 g/mol. The van der Waals surface area contributed by atoms with Gasteiger partial charge in [-0.25, -0.2) is 4.39 Å². The van der Waals surface area contributed by atoms with Crippen LogP contribution in [-0.2, 0) is 0 Å². The molecule has 19 heavy (non-hydrogen) atoms. The second-order valence-corrected chi connectivity index (χ2v) is 5.39. The molecule has 102 valence electrons. The molecule has 1 unspecified atom stereocenters. The molecule has 0 aliphatic carbocycles. The molecule has 4 nitrogen and oxygen atoms in total. The molecule has 1 aromatic carbocycles. The molecule has 1 aliphatic heterocycles. The largest absolute Gasteiger partial charge is 0.411 e. The molecule has 1 atom stereocenters. The van der Waals surface area contributed by atoms with E-state index in [9.17, 15) is 9.18 Å². The van der Waals surface area contributed by atoms with Gasteiger partial charge in [0.25, 0.3) is 5.91 Å². The fourth-order valence-electron chi connectivity index (χ4n) is 2.20. The smallest absolute Gasteiger partial charge is 0.255 e. The summed E-state index contributed by atoms with van der Waals surface area (Å²) in [5, 5.41) is 12.0. The molecule has 0 radical (unpaired) electrons. The Morgan fingerprint density at radius 3 is 2.95 bits per heavy atom. The number of halogens is 2. The molecule has 1 N–H and O–H groups in total. The normalized spacial score (nSPS) is 21.7. The topological polar surface area (TPSA) is 52.9 Å². The lowest BCUT2D eigenvalue weighted by Gasteiger charge is -2.31. The van der Waals surface area contributed by atoms with Crippen molar-refractivity contribution in [1.29, 1.82) is 0 Å². The van der Waals surface area contributed by atoms with Gasteiger partial charge in [-0.1, -0.05) is 18.1 Å². The van der Waals surface area contributed by atoms with Gasteiger partial charge in [0, 0.05) is 25.4 Å². The van der Waals surface area contributed by atoms with E-state index in [1.165, 1.54) is 12.1 Å². The van der Waals surface area contributed by atoms with Gasteiger partial charge in [-0.2, -0.15) is 0 Å². The summed E-state index contributed by atoms with van der Waals surface area (Å²) in [4.78, 5) is 14.0. The zero-order valence-corrected chi connectivity index (χ0v) is 12.0. The second kappa shape index (κ2) is 5.69. The van der Waals surface area contributed by atoms with E-state index in [0.29, 0.717) is 30.8 Å². The summed E-state index contributed by atoms with van der Waals surface area (Å²) < 4.78 is 13.6. The van der Waals surface area contributed by atoms with Crippen molar-refractivity contribution in [2.45, 2.75) is 13.3 Å². The summed E-state index contributed by atoms with van der Waals surface area (Å²) in [5.74, 6) is -0.654. The monoisotopic (exact) mass is 328 g/mol. The highest BCUT2D eigenvalue weighted by atomic mass is 79.9. The van der Waals surface area contributed by atoms with Crippen LogP contribution in [0.1, 0.15) is 23.7 Å². The van der Waals surface area contributed by atoms with Gasteiger partial charge in [-0.15, -0.1) is 0 Å². The fourth-order valence-corrected chi connectivity index (χ4v) is 2.63. The number of rotatable bonds is 1. The van der Waals surface area contributed by atoms with Gasteiger partial charge >= 0.3 is 0 Å². The Morgan fingerprint density at radius 2 is 2.32 bits per heavy atom. The van der Waals surface area contributed by atoms with Crippen LogP contribution in [0.3, 0.4) is 0 Å². The minimum Gasteiger partial charge on any atom is -0.411 e. The predicted octanol–water partition coefficient (Wildman–Crippen LogP) is 2.90. The van der Waals surface area contributed by atoms with E-state index in [4.69, 9.17) is 5.21 Å². The molecule has 1 fully saturated rings. The minimum atomic E-state index is -0.450. The first-order valence-corrected chi connectivity index (χ1v) is 6.78. The molecule has 0 aromatic heterocycles. The van der Waals surface area contributed by atoms with E-state index in [2.05, 4.69) is 21.1 Å². The van der Waals surface area contributed by atoms with Gasteiger partial charge in [-0.05, 0) is 28.1 Å². The molecule has 1 aromatic rings. The predicted molar refractivity (Wildman–Crippen MR) is 73.0 cm³/mol. The first-order chi connectivity index (χ1) is 9.04. The highest BCUT2D eigenvalue weighted by Gasteiger charge is 2.27. The van der Waals surface area contributed by atoms with Crippen molar-refractivity contribution in [1.82, 2.24) is 4.90 Å². The summed E-state index contributed by atoms with van der Waals surface area (Å²) >= 11 is 3.10. The molecule has 1 saturated heterocycles. The molecule has 1 aliphatic rings. The second-order valence-electron chi connectivity index (χ2n) is 4.59. The van der Waals surface area contributed by atoms with E-state index < -0.39 is 5.82 Å². The van der Waals surface area contributed by atoms with E-state index in [-0.39, 0.29) is 16.3 Å². The molecular formula is C13H14BrFN2O2. The van der Waals surface area contributed by atoms with Gasteiger partial charge in [-0.3, -0.25) is 4.79 Å². The zero-order chi connectivity index (χ0) is 14.0. The Morgan fingerprint density at radius 1 is 1.58 bits per heavy atom. The Balaban J connectivity index is 2.19. The third-order valence-electron chi connectivity index (χ3n) is 3.30. The van der Waals surface area contributed by atoms with Crippen LogP contribution in [0.15, 0.2) is 27.8 Å². The van der Waals surface area contributed by atoms with Crippen molar-refractivity contribution in [3.8, 4) is 0 Å². The first kappa shape index (κ1) is 14.0. The molecule has 1 heterocycles. The summed E-state index contributed by atoms with van der Waals surface area (Å²) in [5.41, 5.74) is 1.01. The van der Waals surface area contributed by atoms with Crippen molar-refractivity contribution in [2.75, 3.05) is 13.1 Å². The third-order valence-corrected chi connectivity index (χ3v) is 4.10. The number of carbonyl (C=O) groups is 1. The number of hydrogen-bond acceptors (Lipinski definition) is 3. The molecule has 1 amide bonds. The van der Waals surface area contributed by atoms with Gasteiger partial charge in [0.2, 0.25) is 0 Å². The standard InChI is InChI=1S/C13H14BrFN2O2/c1-8-7-17(6-5-11(8)16-19)13(18)9-3-2-4-10(15)12(9)14/h2-4,8,19H,5-7H2,1H3/b16-11+. The maximum atomic E-state index is 13.4. The van der Waals surface area contributed by atoms with Crippen molar-refractivity contribution in [3.63, 3.8) is 0 Å². The van der Waals surface area contributed by atoms with Crippen LogP contribution < -0.4 is 0 Å². The van der Waals surface area contributed by atoms with Crippen LogP contribution in [0.5, 0.6) is 0 Å². The lowest BCUT2D eigenvalue weighted by atomic mass is 9.97. The lowest BCUT2D eigenvalue weighted by Crippen LogP contribution is -2.43. The molecule has 6 heteroatoms. The maximum Gasteiger partial charge on any atom is 0.255 e. The highest BCUT2D eigenvalue weighted by Crippen LogP contribution is 2.24. The summed E-state index contributed by atoms with van der Waals surface area (Å²) in [6.45, 7) is 2.85. The van der Waals surface area contributed by atoms with Crippen LogP contribution in [0.4, 0.5) is 4.39 Å². The van der Waals surface area contributed by atoms with Gasteiger partial charge < -0.3 is 10.1 Å². The SMILES string of the molecule is CC1CN(C(=O)c2cccc(F)c2Br)CC/C1=N\O. The number of amides is 1. The Labute approximate surface area is 119 Å². The van der Waals surface area contributed by atoms with Crippen LogP contribution in [-0.4, -0.2) is 34.8 Å². The quantitative estimate of drug-likeness (QED) is 0.636. The Bertz CT molecular complexity index is 533. The van der Waals surface area contributed by atoms with E-state index in [1.807, 2.05) is 6.92 Å². The average molecular weight is 329 g/mol. The summed E-state index contributed by atoms with van der Waals surface area (Å²) in [6, 6.07) is 4.41. The number of oxime groups is 1. The summed E-state index contributed by atoms with van der Waals surface area (Å²) in [7, 11) is 0. The number of nitrogens with zero attached hydrogens (tertiary/aromatic N) is 2. The van der Waals surface area contributed by atoms with Gasteiger partial charge in [0.05, 0.1) is 15.7 Å². The number of likely N-dealkylation sites (tertiary alicyclic amines) is 1. The third kappa shape index (κ3) is 2.78. The fraction of sp³-hybridized carbons (Fsp3) is 0.385. The minimum absolute atomic E-state index is 0.00929. The van der Waals surface area contributed by atoms with E-state index in [0.717, 1.165) is 0 Å². The van der Waals surface area contributed by atoms with Gasteiger partial charge in [0.15, 0.2) is 0 Å². The van der Waals surface area contributed by atoms with E-state index in [1.54, 1.807) is 11.0 Å². The maximum absolute atomic E-state index is 13.4. The Hall–Kier alpha value is -1.43. The molecule has 2 rings (SSSR count). The van der Waals surface area contributed by atoms with Crippen molar-refractivity contribution in [2.24, 2.45) is 11.1 Å². The molecule has 0 saturated carbocycles. The van der Waals surface area contributed by atoms with Crippen LogP contribution in [0.2, 0.25) is 0 Å². The van der Waals surface area contributed by atoms with Crippen molar-refractivity contribution >= 4 is 27.5 Å². The highest BCUT2D eigenvalue weighted by molar-refractivity contribution is 9.10. The summed E-state index contributed by atoms with van der Waals surface area (Å²) in [6.07, 6.45) is 0.538. The van der Waals surface area contributed by atoms with Crippen molar-refractivity contribution in [3.05, 3.63) is 34.1 Å². The average Bonchev–Trinajstić information content (AvgIpc) is 2.41. The first-order valence-electron chi connectivity index (χ1n) is 5.98. The number of hydrogen-bond donors (Lipinski definition) is 1. The zero-order valence-electron chi connectivity index (χ0n) is 10.4. The number of piperidine rings is 1. The molecule has 0 spiro atoms. The van der Waals surface area contributed by atoms with Crippen LogP contribution >= 0.6 is 15.9 Å².